The van der Waals surface area contributed by atoms with Gasteiger partial charge in [-0.15, -0.1) is 0 Å². The van der Waals surface area contributed by atoms with Crippen LogP contribution in [0.2, 0.25) is 0 Å². The molecule has 9 aromatic rings. The van der Waals surface area contributed by atoms with E-state index in [4.69, 9.17) is 5.48 Å². The van der Waals surface area contributed by atoms with Gasteiger partial charge in [-0.2, -0.15) is 0 Å². The van der Waals surface area contributed by atoms with Gasteiger partial charge in [-0.05, 0) is 100 Å². The summed E-state index contributed by atoms with van der Waals surface area (Å²) in [6.07, 6.45) is 0. The maximum Gasteiger partial charge on any atom is 0.0649 e. The van der Waals surface area contributed by atoms with Crippen molar-refractivity contribution in [1.29, 1.82) is 0 Å². The minimum Gasteiger partial charge on any atom is -0.309 e. The van der Waals surface area contributed by atoms with E-state index in [1.54, 1.807) is 4.57 Å². The third kappa shape index (κ3) is 3.67. The highest BCUT2D eigenvalue weighted by atomic mass is 15.0. The smallest absolute Gasteiger partial charge is 0.0649 e. The molecule has 222 valence electrons. The van der Waals surface area contributed by atoms with Crippen LogP contribution >= 0.6 is 0 Å². The minimum atomic E-state index is -1.08. The van der Waals surface area contributed by atoms with Crippen LogP contribution in [0.4, 0.5) is 0 Å². The molecule has 0 saturated carbocycles. The third-order valence-corrected chi connectivity index (χ3v) is 9.65. The van der Waals surface area contributed by atoms with Crippen molar-refractivity contribution in [1.82, 2.24) is 9.13 Å². The fourth-order valence-corrected chi connectivity index (χ4v) is 7.41. The zero-order chi connectivity index (χ0) is 39.1. The van der Waals surface area contributed by atoms with Crippen LogP contribution < -0.4 is 0 Å². The molecule has 1 aliphatic rings. The number of nitrogens with zero attached hydrogens (tertiary/aromatic N) is 2. The third-order valence-electron chi connectivity index (χ3n) is 9.65. The molecule has 0 atom stereocenters. The second kappa shape index (κ2) is 9.57. The van der Waals surface area contributed by atoms with Gasteiger partial charge >= 0.3 is 0 Å². The van der Waals surface area contributed by atoms with E-state index in [0.29, 0.717) is 22.4 Å². The Morgan fingerprint density at radius 2 is 1.13 bits per heavy atom. The molecule has 2 nitrogen and oxygen atoms in total. The molecule has 47 heavy (non-hydrogen) atoms. The van der Waals surface area contributed by atoms with E-state index in [2.05, 4.69) is 10.6 Å². The fraction of sp³-hybridized carbons (Fsp3) is 0.0667. The van der Waals surface area contributed by atoms with Gasteiger partial charge in [0.1, 0.15) is 0 Å². The Kier molecular flexibility index (Phi) is 3.86. The molecule has 2 aromatic heterocycles. The number of aromatic nitrogens is 2. The van der Waals surface area contributed by atoms with Gasteiger partial charge in [0.05, 0.1) is 34.4 Å². The Hall–Kier alpha value is -5.86. The molecule has 0 radical (unpaired) electrons. The quantitative estimate of drug-likeness (QED) is 0.189. The SMILES string of the molecule is [2H]c1c([2H])c([2H])c2c(c1[2H])-c1c(c([2H])c3c(c1[2H])c1c([2H])c(-c4ccc5c(c4)c4ccccc4n5-c4ccccc4)c([2H])c([2H])c1n3-c1ccccc1)C2(C)C. The first kappa shape index (κ1) is 19.0. The summed E-state index contributed by atoms with van der Waals surface area (Å²) in [7, 11) is 0. The summed E-state index contributed by atoms with van der Waals surface area (Å²) < 4.78 is 87.6. The molecule has 1 aliphatic carbocycles. The van der Waals surface area contributed by atoms with E-state index in [-0.39, 0.29) is 86.8 Å². The molecule has 2 heterocycles. The average molecular weight is 610 g/mol. The van der Waals surface area contributed by atoms with Crippen molar-refractivity contribution in [2.45, 2.75) is 19.3 Å². The first-order valence-electron chi connectivity index (χ1n) is 20.2. The Balaban J connectivity index is 1.36. The van der Waals surface area contributed by atoms with Crippen LogP contribution in [0.25, 0.3) is 77.2 Å². The Labute approximate surface area is 286 Å². The number of fused-ring (bicyclic) bond motifs is 9. The second-order valence-electron chi connectivity index (χ2n) is 12.7. The molecule has 0 aliphatic heterocycles. The second-order valence-corrected chi connectivity index (χ2v) is 12.7. The summed E-state index contributed by atoms with van der Waals surface area (Å²) in [5.41, 5.74) is 4.90. The summed E-state index contributed by atoms with van der Waals surface area (Å²) in [6, 6.07) is 31.4. The number of rotatable bonds is 3. The van der Waals surface area contributed by atoms with Gasteiger partial charge in [-0.1, -0.05) is 105 Å². The van der Waals surface area contributed by atoms with E-state index < -0.39 is 11.5 Å². The van der Waals surface area contributed by atoms with Crippen LogP contribution in [0.3, 0.4) is 0 Å². The molecule has 0 fully saturated rings. The predicted octanol–water partition coefficient (Wildman–Crippen LogP) is 11.9. The lowest BCUT2D eigenvalue weighted by Gasteiger charge is -2.21. The standard InChI is InChI=1S/C45H32N2/c1-45(2)39-19-11-9-17-33(39)35-27-38-37-26-30(22-24-43(37)47(44(38)28-40(35)45)32-15-7-4-8-16-32)29-21-23-42-36(25-29)34-18-10-12-20-41(34)46(42)31-13-5-3-6-14-31/h3-28H,1-2H3/i9D,11D,17D,19D,22D,24D,26D,27D,28D. The molecule has 7 aromatic carbocycles. The van der Waals surface area contributed by atoms with E-state index >= 15 is 0 Å². The summed E-state index contributed by atoms with van der Waals surface area (Å²) in [5.74, 6) is 0. The van der Waals surface area contributed by atoms with Gasteiger partial charge in [-0.3, -0.25) is 0 Å². The summed E-state index contributed by atoms with van der Waals surface area (Å²) in [4.78, 5) is 0. The lowest BCUT2D eigenvalue weighted by Crippen LogP contribution is -2.14. The van der Waals surface area contributed by atoms with Crippen LogP contribution in [0, 0.1) is 0 Å². The first-order valence-corrected chi connectivity index (χ1v) is 15.7. The van der Waals surface area contributed by atoms with Crippen LogP contribution in [-0.4, -0.2) is 9.13 Å². The van der Waals surface area contributed by atoms with Gasteiger partial charge < -0.3 is 9.13 Å². The van der Waals surface area contributed by atoms with E-state index in [1.165, 1.54) is 0 Å². The molecule has 10 rings (SSSR count). The lowest BCUT2D eigenvalue weighted by atomic mass is 9.82. The molecular weight excluding hydrogens is 569 g/mol. The van der Waals surface area contributed by atoms with Crippen LogP contribution in [0.5, 0.6) is 0 Å². The van der Waals surface area contributed by atoms with Crippen molar-refractivity contribution >= 4 is 43.6 Å². The van der Waals surface area contributed by atoms with Crippen LogP contribution in [-0.2, 0) is 5.41 Å². The predicted molar refractivity (Wildman–Crippen MR) is 198 cm³/mol. The summed E-state index contributed by atoms with van der Waals surface area (Å²) in [6.45, 7) is 3.63. The lowest BCUT2D eigenvalue weighted by molar-refractivity contribution is 0.661. The van der Waals surface area contributed by atoms with Crippen molar-refractivity contribution < 1.29 is 12.3 Å². The van der Waals surface area contributed by atoms with Crippen molar-refractivity contribution in [3.8, 4) is 33.6 Å². The fourth-order valence-electron chi connectivity index (χ4n) is 7.41. The first-order chi connectivity index (χ1) is 26.9. The Bertz CT molecular complexity index is 3200. The van der Waals surface area contributed by atoms with Crippen molar-refractivity contribution in [3.63, 3.8) is 0 Å². The largest absolute Gasteiger partial charge is 0.309 e. The highest BCUT2D eigenvalue weighted by Crippen LogP contribution is 2.51. The zero-order valence-electron chi connectivity index (χ0n) is 34.7. The van der Waals surface area contributed by atoms with Crippen molar-refractivity contribution in [2.75, 3.05) is 0 Å². The van der Waals surface area contributed by atoms with Gasteiger partial charge in [0, 0.05) is 38.3 Å². The topological polar surface area (TPSA) is 9.86 Å². The van der Waals surface area contributed by atoms with Crippen LogP contribution in [0.15, 0.2) is 158 Å². The normalized spacial score (nSPS) is 16.2. The molecule has 0 unspecified atom stereocenters. The average Bonchev–Trinajstić information content (AvgIpc) is 3.82. The van der Waals surface area contributed by atoms with E-state index in [1.807, 2.05) is 111 Å². The summed E-state index contributed by atoms with van der Waals surface area (Å²) >= 11 is 0. The number of hydrogen-bond acceptors (Lipinski definition) is 0. The molecule has 0 spiro atoms. The van der Waals surface area contributed by atoms with Crippen molar-refractivity contribution in [2.24, 2.45) is 0 Å². The molecule has 0 N–H and O–H groups in total. The van der Waals surface area contributed by atoms with Gasteiger partial charge in [0.25, 0.3) is 0 Å². The van der Waals surface area contributed by atoms with E-state index in [9.17, 15) is 6.85 Å². The molecule has 0 amide bonds. The van der Waals surface area contributed by atoms with Gasteiger partial charge in [0.2, 0.25) is 0 Å². The molecule has 0 bridgehead atoms. The summed E-state index contributed by atoms with van der Waals surface area (Å²) in [5, 5.41) is 2.37. The zero-order valence-corrected chi connectivity index (χ0v) is 25.7. The highest BCUT2D eigenvalue weighted by Gasteiger charge is 2.36. The van der Waals surface area contributed by atoms with Gasteiger partial charge in [0.15, 0.2) is 0 Å². The number of benzene rings is 7. The maximum absolute atomic E-state index is 9.92. The number of hydrogen-bond donors (Lipinski definition) is 0. The number of para-hydroxylation sites is 3. The highest BCUT2D eigenvalue weighted by molar-refractivity contribution is 6.14. The molecule has 0 saturated heterocycles. The monoisotopic (exact) mass is 609 g/mol. The van der Waals surface area contributed by atoms with Gasteiger partial charge in [-0.25, -0.2) is 0 Å². The Morgan fingerprint density at radius 1 is 0.468 bits per heavy atom. The minimum absolute atomic E-state index is 0.00568. The molecular formula is C45H32N2. The van der Waals surface area contributed by atoms with Crippen LogP contribution in [0.1, 0.15) is 37.3 Å². The Morgan fingerprint density at radius 3 is 1.91 bits per heavy atom. The molecule has 2 heteroatoms. The van der Waals surface area contributed by atoms with Crippen molar-refractivity contribution in [3.05, 3.63) is 169 Å². The van der Waals surface area contributed by atoms with E-state index in [0.717, 1.165) is 27.5 Å². The maximum atomic E-state index is 9.92.